The molecule has 2 aliphatic rings. The third-order valence-electron chi connectivity index (χ3n) is 4.81. The smallest absolute Gasteiger partial charge is 0.228 e. The zero-order valence-corrected chi connectivity index (χ0v) is 15.1. The van der Waals surface area contributed by atoms with E-state index in [0.29, 0.717) is 13.2 Å². The largest absolute Gasteiger partial charge is 0.377 e. The van der Waals surface area contributed by atoms with Gasteiger partial charge in [-0.3, -0.25) is 4.98 Å². The number of anilines is 2. The molecule has 0 saturated carbocycles. The SMILES string of the molecule is C[C@@H]1CN(c2nc(N3CCOC[C@@H]3C)nc3ccncc23)C[C@H](C)O1. The van der Waals surface area contributed by atoms with Crippen molar-refractivity contribution in [1.82, 2.24) is 15.0 Å². The Labute approximate surface area is 148 Å². The minimum Gasteiger partial charge on any atom is -0.377 e. The van der Waals surface area contributed by atoms with Gasteiger partial charge < -0.3 is 19.3 Å². The molecule has 0 amide bonds. The number of fused-ring (bicyclic) bond motifs is 1. The highest BCUT2D eigenvalue weighted by molar-refractivity contribution is 5.89. The second-order valence-electron chi connectivity index (χ2n) is 7.02. The summed E-state index contributed by atoms with van der Waals surface area (Å²) in [4.78, 5) is 18.6. The molecule has 4 rings (SSSR count). The number of rotatable bonds is 2. The van der Waals surface area contributed by atoms with Gasteiger partial charge in [0.15, 0.2) is 0 Å². The Bertz CT molecular complexity index is 745. The molecule has 0 unspecified atom stereocenters. The van der Waals surface area contributed by atoms with Gasteiger partial charge in [-0.2, -0.15) is 4.98 Å². The number of hydrogen-bond donors (Lipinski definition) is 0. The van der Waals surface area contributed by atoms with Crippen LogP contribution in [0.5, 0.6) is 0 Å². The summed E-state index contributed by atoms with van der Waals surface area (Å²) >= 11 is 0. The molecular weight excluding hydrogens is 318 g/mol. The van der Waals surface area contributed by atoms with Crippen LogP contribution < -0.4 is 9.80 Å². The topological polar surface area (TPSA) is 63.6 Å². The van der Waals surface area contributed by atoms with Crippen LogP contribution in [0.2, 0.25) is 0 Å². The number of pyridine rings is 1. The molecule has 2 aromatic heterocycles. The fraction of sp³-hybridized carbons (Fsp3) is 0.611. The lowest BCUT2D eigenvalue weighted by Crippen LogP contribution is -2.47. The van der Waals surface area contributed by atoms with Gasteiger partial charge in [-0.15, -0.1) is 0 Å². The van der Waals surface area contributed by atoms with Crippen LogP contribution in [0.4, 0.5) is 11.8 Å². The van der Waals surface area contributed by atoms with Crippen molar-refractivity contribution in [2.75, 3.05) is 42.6 Å². The first-order valence-electron chi connectivity index (χ1n) is 8.98. The molecule has 2 fully saturated rings. The molecule has 0 spiro atoms. The first-order chi connectivity index (χ1) is 12.1. The van der Waals surface area contributed by atoms with Crippen LogP contribution in [0.3, 0.4) is 0 Å². The van der Waals surface area contributed by atoms with Gasteiger partial charge in [-0.05, 0) is 26.8 Å². The van der Waals surface area contributed by atoms with Crippen molar-refractivity contribution >= 4 is 22.7 Å². The monoisotopic (exact) mass is 343 g/mol. The Morgan fingerprint density at radius 3 is 2.68 bits per heavy atom. The molecule has 2 aliphatic heterocycles. The van der Waals surface area contributed by atoms with E-state index in [9.17, 15) is 0 Å². The van der Waals surface area contributed by atoms with E-state index in [1.165, 1.54) is 0 Å². The molecule has 25 heavy (non-hydrogen) atoms. The zero-order valence-electron chi connectivity index (χ0n) is 15.1. The van der Waals surface area contributed by atoms with Crippen LogP contribution in [-0.2, 0) is 9.47 Å². The maximum atomic E-state index is 5.89. The number of ether oxygens (including phenoxy) is 2. The van der Waals surface area contributed by atoms with Crippen molar-refractivity contribution in [3.8, 4) is 0 Å². The van der Waals surface area contributed by atoms with Crippen LogP contribution in [0.25, 0.3) is 10.9 Å². The van der Waals surface area contributed by atoms with E-state index in [-0.39, 0.29) is 18.2 Å². The van der Waals surface area contributed by atoms with E-state index in [4.69, 9.17) is 19.4 Å². The fourth-order valence-corrected chi connectivity index (χ4v) is 3.69. The molecule has 4 heterocycles. The molecule has 2 saturated heterocycles. The molecule has 0 aromatic carbocycles. The molecule has 2 aromatic rings. The molecule has 0 radical (unpaired) electrons. The first kappa shape index (κ1) is 16.5. The Morgan fingerprint density at radius 2 is 1.92 bits per heavy atom. The van der Waals surface area contributed by atoms with Crippen LogP contribution >= 0.6 is 0 Å². The van der Waals surface area contributed by atoms with Crippen molar-refractivity contribution in [3.63, 3.8) is 0 Å². The van der Waals surface area contributed by atoms with Gasteiger partial charge in [-0.1, -0.05) is 0 Å². The average Bonchev–Trinajstić information content (AvgIpc) is 2.60. The average molecular weight is 343 g/mol. The summed E-state index contributed by atoms with van der Waals surface area (Å²) < 4.78 is 11.4. The third-order valence-corrected chi connectivity index (χ3v) is 4.81. The minimum absolute atomic E-state index is 0.177. The van der Waals surface area contributed by atoms with E-state index >= 15 is 0 Å². The van der Waals surface area contributed by atoms with E-state index in [2.05, 4.69) is 35.6 Å². The van der Waals surface area contributed by atoms with Crippen molar-refractivity contribution < 1.29 is 9.47 Å². The lowest BCUT2D eigenvalue weighted by molar-refractivity contribution is -0.00537. The molecule has 134 valence electrons. The quantitative estimate of drug-likeness (QED) is 0.825. The number of nitrogens with zero attached hydrogens (tertiary/aromatic N) is 5. The molecule has 0 aliphatic carbocycles. The van der Waals surface area contributed by atoms with Gasteiger partial charge >= 0.3 is 0 Å². The second-order valence-corrected chi connectivity index (χ2v) is 7.02. The molecule has 7 nitrogen and oxygen atoms in total. The summed E-state index contributed by atoms with van der Waals surface area (Å²) in [5.74, 6) is 1.73. The molecule has 7 heteroatoms. The zero-order chi connectivity index (χ0) is 17.4. The minimum atomic E-state index is 0.177. The first-order valence-corrected chi connectivity index (χ1v) is 8.98. The van der Waals surface area contributed by atoms with Gasteiger partial charge in [0, 0.05) is 32.0 Å². The van der Waals surface area contributed by atoms with Gasteiger partial charge in [-0.25, -0.2) is 4.98 Å². The fourth-order valence-electron chi connectivity index (χ4n) is 3.69. The Hall–Kier alpha value is -1.99. The lowest BCUT2D eigenvalue weighted by Gasteiger charge is -2.38. The number of aromatic nitrogens is 3. The maximum absolute atomic E-state index is 5.89. The summed E-state index contributed by atoms with van der Waals surface area (Å²) in [6.07, 6.45) is 4.01. The summed E-state index contributed by atoms with van der Waals surface area (Å²) in [7, 11) is 0. The Balaban J connectivity index is 1.78. The summed E-state index contributed by atoms with van der Waals surface area (Å²) in [6.45, 7) is 10.2. The Kier molecular flexibility index (Phi) is 4.43. The van der Waals surface area contributed by atoms with Crippen molar-refractivity contribution in [1.29, 1.82) is 0 Å². The van der Waals surface area contributed by atoms with Crippen LogP contribution in [0, 0.1) is 0 Å². The lowest BCUT2D eigenvalue weighted by atomic mass is 10.2. The predicted octanol–water partition coefficient (Wildman–Crippen LogP) is 1.86. The van der Waals surface area contributed by atoms with Crippen molar-refractivity contribution in [3.05, 3.63) is 18.5 Å². The van der Waals surface area contributed by atoms with E-state index in [1.54, 1.807) is 6.20 Å². The normalized spacial score (nSPS) is 27.7. The Morgan fingerprint density at radius 1 is 1.12 bits per heavy atom. The van der Waals surface area contributed by atoms with Gasteiger partial charge in [0.25, 0.3) is 0 Å². The second kappa shape index (κ2) is 6.72. The standard InChI is InChI=1S/C18H25N5O2/c1-12-11-24-7-6-23(12)18-20-16-4-5-19-8-15(16)17(21-18)22-9-13(2)25-14(3)10-22/h4-5,8,12-14H,6-7,9-11H2,1-3H3/t12-,13-,14+/m0/s1. The van der Waals surface area contributed by atoms with Crippen LogP contribution in [0.1, 0.15) is 20.8 Å². The van der Waals surface area contributed by atoms with Gasteiger partial charge in [0.05, 0.1) is 42.4 Å². The summed E-state index contributed by atoms with van der Waals surface area (Å²) in [5, 5.41) is 0.994. The highest BCUT2D eigenvalue weighted by Gasteiger charge is 2.27. The predicted molar refractivity (Wildman–Crippen MR) is 97.2 cm³/mol. The maximum Gasteiger partial charge on any atom is 0.228 e. The van der Waals surface area contributed by atoms with Crippen molar-refractivity contribution in [2.24, 2.45) is 0 Å². The summed E-state index contributed by atoms with van der Waals surface area (Å²) in [6, 6.07) is 2.23. The van der Waals surface area contributed by atoms with Crippen LogP contribution in [-0.4, -0.2) is 66.0 Å². The number of hydrogen-bond acceptors (Lipinski definition) is 7. The molecule has 0 N–H and O–H groups in total. The molecule has 0 bridgehead atoms. The molecule has 3 atom stereocenters. The highest BCUT2D eigenvalue weighted by atomic mass is 16.5. The van der Waals surface area contributed by atoms with E-state index < -0.39 is 0 Å². The van der Waals surface area contributed by atoms with Gasteiger partial charge in [0.1, 0.15) is 5.82 Å². The van der Waals surface area contributed by atoms with E-state index in [1.807, 2.05) is 12.3 Å². The number of morpholine rings is 2. The summed E-state index contributed by atoms with van der Waals surface area (Å²) in [5.41, 5.74) is 0.931. The van der Waals surface area contributed by atoms with Crippen molar-refractivity contribution in [2.45, 2.75) is 39.0 Å². The highest BCUT2D eigenvalue weighted by Crippen LogP contribution is 2.29. The van der Waals surface area contributed by atoms with Gasteiger partial charge in [0.2, 0.25) is 5.95 Å². The third kappa shape index (κ3) is 3.26. The molecular formula is C18H25N5O2. The van der Waals surface area contributed by atoms with Crippen LogP contribution in [0.15, 0.2) is 18.5 Å². The van der Waals surface area contributed by atoms with E-state index in [0.717, 1.165) is 42.3 Å².